The summed E-state index contributed by atoms with van der Waals surface area (Å²) in [5.41, 5.74) is 0.466. The fourth-order valence-electron chi connectivity index (χ4n) is 9.63. The minimum Gasteiger partial charge on any atom is -0.465 e. The molecule has 0 radical (unpaired) electrons. The van der Waals surface area contributed by atoms with Crippen LogP contribution < -0.4 is 0 Å². The molecule has 2 bridgehead atoms. The molecule has 0 N–H and O–H groups in total. The van der Waals surface area contributed by atoms with Crippen molar-refractivity contribution in [3.63, 3.8) is 0 Å². The second kappa shape index (κ2) is 11.1. The molecule has 0 amide bonds. The number of hydrogen-bond acceptors (Lipinski definition) is 6. The number of rotatable bonds is 6. The van der Waals surface area contributed by atoms with Crippen LogP contribution in [0.15, 0.2) is 60.7 Å². The molecule has 0 saturated heterocycles. The van der Waals surface area contributed by atoms with Crippen LogP contribution >= 0.6 is 0 Å². The zero-order valence-electron chi connectivity index (χ0n) is 25.6. The van der Waals surface area contributed by atoms with Crippen LogP contribution in [0.3, 0.4) is 0 Å². The molecule has 8 atom stereocenters. The van der Waals surface area contributed by atoms with Crippen molar-refractivity contribution in [3.8, 4) is 0 Å². The van der Waals surface area contributed by atoms with E-state index in [-0.39, 0.29) is 40.4 Å². The number of halogens is 2. The van der Waals surface area contributed by atoms with Crippen molar-refractivity contribution in [2.45, 2.75) is 77.9 Å². The number of carbonyl (C=O) groups is 3. The van der Waals surface area contributed by atoms with Gasteiger partial charge in [0.25, 0.3) is 0 Å². The molecular weight excluding hydrogens is 566 g/mol. The fraction of sp³-hybridized carbons (Fsp3) is 0.528. The van der Waals surface area contributed by atoms with Gasteiger partial charge in [0.1, 0.15) is 30.4 Å². The fourth-order valence-corrected chi connectivity index (χ4v) is 9.63. The van der Waals surface area contributed by atoms with Crippen molar-refractivity contribution < 1.29 is 37.4 Å². The Hall–Kier alpha value is -3.55. The molecule has 0 heterocycles. The Balaban J connectivity index is 1.37. The quantitative estimate of drug-likeness (QED) is 0.193. The van der Waals surface area contributed by atoms with Crippen molar-refractivity contribution in [1.82, 2.24) is 0 Å². The van der Waals surface area contributed by atoms with E-state index in [1.54, 1.807) is 0 Å². The van der Waals surface area contributed by atoms with Crippen molar-refractivity contribution >= 4 is 17.9 Å². The highest BCUT2D eigenvalue weighted by Crippen LogP contribution is 2.73. The molecule has 4 saturated carbocycles. The summed E-state index contributed by atoms with van der Waals surface area (Å²) in [6.45, 7) is 10.2. The largest absolute Gasteiger partial charge is 0.465 e. The lowest BCUT2D eigenvalue weighted by Crippen LogP contribution is -2.66. The standard InChI is InChI=1S/C36H40F2O6/c1-21-18-36-19-25(21)9-14-28(36)34(3)16-15-30(43-32(40)23-5-10-26(37)11-6-23)35(4,20-42-22(2)39)29(34)17-31(36)44-33(41)24-7-12-27(38)13-8-24/h5-8,10-13,25,28-31H,1,9,14-20H2,2-4H3/t25-,28-,29+,30+,31-,34-,35+,36+/m0/s1. The number of hydrogen-bond donors (Lipinski definition) is 0. The Labute approximate surface area is 257 Å². The predicted octanol–water partition coefficient (Wildman–Crippen LogP) is 7.47. The second-order valence-corrected chi connectivity index (χ2v) is 14.0. The normalized spacial score (nSPS) is 35.7. The molecule has 234 valence electrons. The van der Waals surface area contributed by atoms with Gasteiger partial charge in [-0.05, 0) is 117 Å². The maximum absolute atomic E-state index is 13.6. The molecule has 6 nitrogen and oxygen atoms in total. The summed E-state index contributed by atoms with van der Waals surface area (Å²) in [7, 11) is 0. The van der Waals surface area contributed by atoms with Gasteiger partial charge in [-0.15, -0.1) is 0 Å². The van der Waals surface area contributed by atoms with Crippen molar-refractivity contribution in [2.75, 3.05) is 6.61 Å². The lowest BCUT2D eigenvalue weighted by molar-refractivity contribution is -0.232. The van der Waals surface area contributed by atoms with E-state index in [1.807, 2.05) is 6.92 Å². The molecule has 4 fully saturated rings. The lowest BCUT2D eigenvalue weighted by atomic mass is 9.40. The number of allylic oxidation sites excluding steroid dienone is 1. The molecule has 0 aromatic heterocycles. The number of ether oxygens (including phenoxy) is 3. The minimum atomic E-state index is -0.789. The van der Waals surface area contributed by atoms with Gasteiger partial charge in [0.2, 0.25) is 0 Å². The van der Waals surface area contributed by atoms with E-state index in [2.05, 4.69) is 13.5 Å². The van der Waals surface area contributed by atoms with E-state index < -0.39 is 47.2 Å². The minimum absolute atomic E-state index is 0.0393. The lowest BCUT2D eigenvalue weighted by Gasteiger charge is -2.66. The first-order valence-corrected chi connectivity index (χ1v) is 15.6. The zero-order valence-corrected chi connectivity index (χ0v) is 25.6. The van der Waals surface area contributed by atoms with Crippen LogP contribution in [0.1, 0.15) is 86.4 Å². The van der Waals surface area contributed by atoms with Gasteiger partial charge >= 0.3 is 17.9 Å². The Kier molecular flexibility index (Phi) is 7.70. The van der Waals surface area contributed by atoms with E-state index in [0.29, 0.717) is 18.8 Å². The molecule has 2 aromatic rings. The number of fused-ring (bicyclic) bond motifs is 3. The Bertz CT molecular complexity index is 1470. The molecule has 4 aliphatic rings. The van der Waals surface area contributed by atoms with Crippen LogP contribution in [0, 0.1) is 45.6 Å². The maximum Gasteiger partial charge on any atom is 0.338 e. The van der Waals surface area contributed by atoms with E-state index in [0.717, 1.165) is 32.1 Å². The first kappa shape index (κ1) is 30.5. The molecule has 4 aliphatic carbocycles. The SMILES string of the molecule is C=C1C[C@@]23C[C@@H]1CC[C@H]2[C@]1(C)CC[C@@H](OC(=O)c2ccc(F)cc2)[C@](C)(COC(C)=O)[C@@H]1C[C@@H]3OC(=O)c1ccc(F)cc1. The molecule has 0 aliphatic heterocycles. The smallest absolute Gasteiger partial charge is 0.338 e. The third kappa shape index (κ3) is 5.04. The molecule has 6 rings (SSSR count). The van der Waals surface area contributed by atoms with Gasteiger partial charge in [-0.3, -0.25) is 4.79 Å². The summed E-state index contributed by atoms with van der Waals surface area (Å²) in [6, 6.07) is 10.6. The van der Waals surface area contributed by atoms with Gasteiger partial charge in [-0.1, -0.05) is 26.0 Å². The van der Waals surface area contributed by atoms with Crippen molar-refractivity contribution in [2.24, 2.45) is 34.0 Å². The maximum atomic E-state index is 13.6. The highest BCUT2D eigenvalue weighted by molar-refractivity contribution is 5.90. The third-order valence-electron chi connectivity index (χ3n) is 11.7. The van der Waals surface area contributed by atoms with Gasteiger partial charge in [-0.25, -0.2) is 18.4 Å². The molecule has 44 heavy (non-hydrogen) atoms. The monoisotopic (exact) mass is 606 g/mol. The van der Waals surface area contributed by atoms with Gasteiger partial charge in [0, 0.05) is 17.8 Å². The highest BCUT2D eigenvalue weighted by atomic mass is 19.1. The van der Waals surface area contributed by atoms with Crippen LogP contribution in [0.5, 0.6) is 0 Å². The summed E-state index contributed by atoms with van der Waals surface area (Å²) in [4.78, 5) is 39.0. The van der Waals surface area contributed by atoms with E-state index >= 15 is 0 Å². The van der Waals surface area contributed by atoms with Crippen LogP contribution in [0.25, 0.3) is 0 Å². The van der Waals surface area contributed by atoms with Gasteiger partial charge < -0.3 is 14.2 Å². The number of carbonyl (C=O) groups excluding carboxylic acids is 3. The van der Waals surface area contributed by atoms with Crippen LogP contribution in [0.4, 0.5) is 8.78 Å². The molecular formula is C36H40F2O6. The first-order valence-electron chi connectivity index (χ1n) is 15.6. The Morgan fingerprint density at radius 1 is 0.841 bits per heavy atom. The summed E-state index contributed by atoms with van der Waals surface area (Å²) in [5, 5.41) is 0. The van der Waals surface area contributed by atoms with E-state index in [4.69, 9.17) is 14.2 Å². The van der Waals surface area contributed by atoms with Crippen molar-refractivity contribution in [3.05, 3.63) is 83.4 Å². The highest BCUT2D eigenvalue weighted by Gasteiger charge is 2.70. The number of benzene rings is 2. The Morgan fingerprint density at radius 2 is 1.41 bits per heavy atom. The van der Waals surface area contributed by atoms with Crippen molar-refractivity contribution in [1.29, 1.82) is 0 Å². The average Bonchev–Trinajstić information content (AvgIpc) is 3.23. The summed E-state index contributed by atoms with van der Waals surface area (Å²) < 4.78 is 45.4. The summed E-state index contributed by atoms with van der Waals surface area (Å²) in [5.74, 6) is -1.89. The second-order valence-electron chi connectivity index (χ2n) is 14.0. The Morgan fingerprint density at radius 3 is 1.98 bits per heavy atom. The first-order chi connectivity index (χ1) is 20.9. The molecule has 2 aromatic carbocycles. The van der Waals surface area contributed by atoms with Crippen LogP contribution in [0.2, 0.25) is 0 Å². The average molecular weight is 607 g/mol. The molecule has 1 spiro atoms. The third-order valence-corrected chi connectivity index (χ3v) is 11.7. The molecule has 8 heteroatoms. The zero-order chi connectivity index (χ0) is 31.4. The predicted molar refractivity (Wildman–Crippen MR) is 158 cm³/mol. The van der Waals surface area contributed by atoms with Crippen LogP contribution in [-0.4, -0.2) is 36.7 Å². The van der Waals surface area contributed by atoms with E-state index in [1.165, 1.54) is 61.0 Å². The van der Waals surface area contributed by atoms with Crippen LogP contribution in [-0.2, 0) is 19.0 Å². The van der Waals surface area contributed by atoms with Gasteiger partial charge in [-0.2, -0.15) is 0 Å². The number of esters is 3. The van der Waals surface area contributed by atoms with E-state index in [9.17, 15) is 23.2 Å². The van der Waals surface area contributed by atoms with Gasteiger partial charge in [0.15, 0.2) is 0 Å². The topological polar surface area (TPSA) is 78.9 Å². The molecule has 0 unspecified atom stereocenters. The summed E-state index contributed by atoms with van der Waals surface area (Å²) in [6.07, 6.45) is 4.51. The summed E-state index contributed by atoms with van der Waals surface area (Å²) >= 11 is 0. The van der Waals surface area contributed by atoms with Gasteiger partial charge in [0.05, 0.1) is 11.1 Å².